The SMILES string of the molecule is CCCCCCCCCC(=O)OCC12CC3(C)CC(C)(C1)CC(COC(=O)CCCCCCCCC)(C3)C2. The highest BCUT2D eigenvalue weighted by atomic mass is 16.5. The maximum absolute atomic E-state index is 12.6. The number of ether oxygens (including phenoxy) is 2. The van der Waals surface area contributed by atoms with E-state index >= 15 is 0 Å². The molecule has 0 spiro atoms. The lowest BCUT2D eigenvalue weighted by atomic mass is 9.36. The van der Waals surface area contributed by atoms with Gasteiger partial charge in [0.05, 0.1) is 13.2 Å². The van der Waals surface area contributed by atoms with Crippen molar-refractivity contribution in [2.45, 2.75) is 169 Å². The van der Waals surface area contributed by atoms with E-state index in [4.69, 9.17) is 9.47 Å². The van der Waals surface area contributed by atoms with Crippen molar-refractivity contribution in [3.05, 3.63) is 0 Å². The van der Waals surface area contributed by atoms with Gasteiger partial charge in [0, 0.05) is 23.7 Å². The Labute approximate surface area is 234 Å². The third-order valence-electron chi connectivity index (χ3n) is 9.86. The molecule has 4 aliphatic rings. The summed E-state index contributed by atoms with van der Waals surface area (Å²) in [5.41, 5.74) is 0.635. The summed E-state index contributed by atoms with van der Waals surface area (Å²) < 4.78 is 12.0. The molecule has 4 bridgehead atoms. The van der Waals surface area contributed by atoms with Crippen LogP contribution in [0.5, 0.6) is 0 Å². The van der Waals surface area contributed by atoms with Crippen LogP contribution < -0.4 is 0 Å². The molecule has 0 atom stereocenters. The van der Waals surface area contributed by atoms with Crippen molar-refractivity contribution in [1.82, 2.24) is 0 Å². The number of unbranched alkanes of at least 4 members (excludes halogenated alkanes) is 12. The van der Waals surface area contributed by atoms with Gasteiger partial charge in [0.2, 0.25) is 0 Å². The van der Waals surface area contributed by atoms with Crippen LogP contribution in [0.2, 0.25) is 0 Å². The molecule has 4 fully saturated rings. The van der Waals surface area contributed by atoms with Crippen molar-refractivity contribution in [1.29, 1.82) is 0 Å². The summed E-state index contributed by atoms with van der Waals surface area (Å²) in [5.74, 6) is -0.0282. The van der Waals surface area contributed by atoms with E-state index in [-0.39, 0.29) is 33.6 Å². The number of esters is 2. The third-order valence-corrected chi connectivity index (χ3v) is 9.86. The Bertz CT molecular complexity index is 669. The molecular formula is C34H60O4. The van der Waals surface area contributed by atoms with E-state index in [1.54, 1.807) is 0 Å². The quantitative estimate of drug-likeness (QED) is 0.116. The van der Waals surface area contributed by atoms with E-state index in [0.717, 1.165) is 57.8 Å². The van der Waals surface area contributed by atoms with Gasteiger partial charge in [0.1, 0.15) is 0 Å². The Kier molecular flexibility index (Phi) is 12.0. The molecule has 0 aromatic carbocycles. The summed E-state index contributed by atoms with van der Waals surface area (Å²) in [6.45, 7) is 10.5. The fraction of sp³-hybridized carbons (Fsp3) is 0.941. The van der Waals surface area contributed by atoms with Crippen molar-refractivity contribution in [2.24, 2.45) is 21.7 Å². The first kappa shape index (κ1) is 31.5. The monoisotopic (exact) mass is 532 g/mol. The molecule has 0 unspecified atom stereocenters. The topological polar surface area (TPSA) is 52.6 Å². The van der Waals surface area contributed by atoms with Crippen LogP contribution in [0.4, 0.5) is 0 Å². The predicted octanol–water partition coefficient (Wildman–Crippen LogP) is 9.72. The summed E-state index contributed by atoms with van der Waals surface area (Å²) in [6.07, 6.45) is 25.0. The van der Waals surface area contributed by atoms with Gasteiger partial charge < -0.3 is 9.47 Å². The molecule has 0 aliphatic heterocycles. The Morgan fingerprint density at radius 1 is 0.500 bits per heavy atom. The maximum Gasteiger partial charge on any atom is 0.305 e. The van der Waals surface area contributed by atoms with Crippen LogP contribution in [0, 0.1) is 21.7 Å². The number of carbonyl (C=O) groups excluding carboxylic acids is 2. The van der Waals surface area contributed by atoms with Crippen LogP contribution >= 0.6 is 0 Å². The van der Waals surface area contributed by atoms with Crippen molar-refractivity contribution >= 4 is 11.9 Å². The standard InChI is InChI=1S/C34H60O4/c1-5-7-9-11-13-15-17-19-29(35)37-27-33-22-31(3)21-32(4,23-33)25-34(24-31,26-33)28-38-30(36)20-18-16-14-12-10-8-6-2/h5-28H2,1-4H3. The molecule has 38 heavy (non-hydrogen) atoms. The highest BCUT2D eigenvalue weighted by molar-refractivity contribution is 5.69. The van der Waals surface area contributed by atoms with Crippen molar-refractivity contribution in [2.75, 3.05) is 13.2 Å². The molecule has 0 aromatic heterocycles. The van der Waals surface area contributed by atoms with E-state index in [2.05, 4.69) is 27.7 Å². The van der Waals surface area contributed by atoms with E-state index in [1.165, 1.54) is 70.6 Å². The number of hydrogen-bond acceptors (Lipinski definition) is 4. The first-order valence-corrected chi connectivity index (χ1v) is 16.5. The second-order valence-electron chi connectivity index (χ2n) is 14.7. The smallest absolute Gasteiger partial charge is 0.305 e. The van der Waals surface area contributed by atoms with Crippen LogP contribution in [0.1, 0.15) is 169 Å². The molecule has 4 aliphatic carbocycles. The van der Waals surface area contributed by atoms with Gasteiger partial charge in [-0.15, -0.1) is 0 Å². The Hall–Kier alpha value is -1.06. The summed E-state index contributed by atoms with van der Waals surface area (Å²) >= 11 is 0. The summed E-state index contributed by atoms with van der Waals surface area (Å²) in [4.78, 5) is 25.3. The predicted molar refractivity (Wildman–Crippen MR) is 156 cm³/mol. The van der Waals surface area contributed by atoms with Crippen LogP contribution in [0.15, 0.2) is 0 Å². The average Bonchev–Trinajstić information content (AvgIpc) is 2.83. The van der Waals surface area contributed by atoms with E-state index in [1.807, 2.05) is 0 Å². The second kappa shape index (κ2) is 14.5. The third kappa shape index (κ3) is 9.54. The lowest BCUT2D eigenvalue weighted by molar-refractivity contribution is -0.221. The molecule has 4 saturated carbocycles. The van der Waals surface area contributed by atoms with Crippen LogP contribution in [-0.2, 0) is 19.1 Å². The molecule has 4 heteroatoms. The average molecular weight is 533 g/mol. The first-order chi connectivity index (χ1) is 18.2. The normalized spacial score (nSPS) is 31.5. The van der Waals surface area contributed by atoms with Crippen molar-refractivity contribution < 1.29 is 19.1 Å². The highest BCUT2D eigenvalue weighted by Crippen LogP contribution is 2.73. The lowest BCUT2D eigenvalue weighted by Crippen LogP contribution is -2.62. The molecule has 0 heterocycles. The van der Waals surface area contributed by atoms with Gasteiger partial charge in [0.25, 0.3) is 0 Å². The van der Waals surface area contributed by atoms with Gasteiger partial charge >= 0.3 is 11.9 Å². The van der Waals surface area contributed by atoms with Crippen LogP contribution in [-0.4, -0.2) is 25.2 Å². The number of rotatable bonds is 20. The van der Waals surface area contributed by atoms with Crippen LogP contribution in [0.25, 0.3) is 0 Å². The molecule has 0 radical (unpaired) electrons. The van der Waals surface area contributed by atoms with Gasteiger partial charge in [0.15, 0.2) is 0 Å². The molecule has 0 aromatic rings. The molecular weight excluding hydrogens is 472 g/mol. The molecule has 0 saturated heterocycles. The van der Waals surface area contributed by atoms with Crippen molar-refractivity contribution in [3.8, 4) is 0 Å². The van der Waals surface area contributed by atoms with Crippen LogP contribution in [0.3, 0.4) is 0 Å². The minimum absolute atomic E-state index is 0.0141. The van der Waals surface area contributed by atoms with Gasteiger partial charge in [-0.25, -0.2) is 0 Å². The summed E-state index contributed by atoms with van der Waals surface area (Å²) in [6, 6.07) is 0. The lowest BCUT2D eigenvalue weighted by Gasteiger charge is -2.69. The molecule has 4 rings (SSSR count). The maximum atomic E-state index is 12.6. The molecule has 4 nitrogen and oxygen atoms in total. The Morgan fingerprint density at radius 2 is 0.842 bits per heavy atom. The second-order valence-corrected chi connectivity index (χ2v) is 14.7. The first-order valence-electron chi connectivity index (χ1n) is 16.5. The van der Waals surface area contributed by atoms with Gasteiger partial charge in [-0.2, -0.15) is 0 Å². The largest absolute Gasteiger partial charge is 0.465 e. The molecule has 0 amide bonds. The zero-order valence-electron chi connectivity index (χ0n) is 25.6. The minimum atomic E-state index is -0.0141. The summed E-state index contributed by atoms with van der Waals surface area (Å²) in [5, 5.41) is 0. The highest BCUT2D eigenvalue weighted by Gasteiger charge is 2.66. The number of carbonyl (C=O) groups is 2. The minimum Gasteiger partial charge on any atom is -0.465 e. The zero-order chi connectivity index (χ0) is 27.5. The number of hydrogen-bond donors (Lipinski definition) is 0. The zero-order valence-corrected chi connectivity index (χ0v) is 25.6. The molecule has 0 N–H and O–H groups in total. The fourth-order valence-corrected chi connectivity index (χ4v) is 9.57. The van der Waals surface area contributed by atoms with Gasteiger partial charge in [-0.1, -0.05) is 105 Å². The summed E-state index contributed by atoms with van der Waals surface area (Å²) in [7, 11) is 0. The fourth-order valence-electron chi connectivity index (χ4n) is 9.57. The van der Waals surface area contributed by atoms with E-state index in [9.17, 15) is 9.59 Å². The van der Waals surface area contributed by atoms with Gasteiger partial charge in [-0.3, -0.25) is 9.59 Å². The van der Waals surface area contributed by atoms with Crippen molar-refractivity contribution in [3.63, 3.8) is 0 Å². The van der Waals surface area contributed by atoms with E-state index in [0.29, 0.717) is 26.1 Å². The molecule has 220 valence electrons. The van der Waals surface area contributed by atoms with Gasteiger partial charge in [-0.05, 0) is 62.2 Å². The Morgan fingerprint density at radius 3 is 1.21 bits per heavy atom. The van der Waals surface area contributed by atoms with E-state index < -0.39 is 0 Å². The Balaban J connectivity index is 1.44.